The SMILES string of the molecule is CCCN=C(N)NC1C(C)C(OC)C1(C)C. The van der Waals surface area contributed by atoms with E-state index in [4.69, 9.17) is 10.5 Å². The largest absolute Gasteiger partial charge is 0.380 e. The summed E-state index contributed by atoms with van der Waals surface area (Å²) in [6, 6.07) is 0.345. The molecule has 1 rings (SSSR count). The molecule has 16 heavy (non-hydrogen) atoms. The molecule has 3 unspecified atom stereocenters. The molecule has 1 fully saturated rings. The van der Waals surface area contributed by atoms with Gasteiger partial charge in [0.2, 0.25) is 0 Å². The second-order valence-corrected chi connectivity index (χ2v) is 5.23. The van der Waals surface area contributed by atoms with Gasteiger partial charge in [-0.2, -0.15) is 0 Å². The first kappa shape index (κ1) is 13.3. The highest BCUT2D eigenvalue weighted by molar-refractivity contribution is 5.78. The number of nitrogens with zero attached hydrogens (tertiary/aromatic N) is 1. The van der Waals surface area contributed by atoms with Gasteiger partial charge < -0.3 is 15.8 Å². The van der Waals surface area contributed by atoms with Crippen molar-refractivity contribution in [1.29, 1.82) is 0 Å². The van der Waals surface area contributed by atoms with E-state index >= 15 is 0 Å². The summed E-state index contributed by atoms with van der Waals surface area (Å²) in [4.78, 5) is 4.26. The van der Waals surface area contributed by atoms with Gasteiger partial charge in [-0.3, -0.25) is 4.99 Å². The monoisotopic (exact) mass is 227 g/mol. The van der Waals surface area contributed by atoms with E-state index < -0.39 is 0 Å². The summed E-state index contributed by atoms with van der Waals surface area (Å²) >= 11 is 0. The lowest BCUT2D eigenvalue weighted by Crippen LogP contribution is -2.68. The average Bonchev–Trinajstić information content (AvgIpc) is 2.23. The molecule has 0 saturated heterocycles. The number of nitrogens with one attached hydrogen (secondary N) is 1. The molecule has 0 aliphatic heterocycles. The van der Waals surface area contributed by atoms with E-state index in [1.807, 2.05) is 0 Å². The van der Waals surface area contributed by atoms with E-state index in [2.05, 4.69) is 38.0 Å². The first-order valence-electron chi connectivity index (χ1n) is 6.04. The van der Waals surface area contributed by atoms with Crippen LogP contribution in [0.4, 0.5) is 0 Å². The molecule has 0 aromatic heterocycles. The number of nitrogens with two attached hydrogens (primary N) is 1. The molecule has 0 bridgehead atoms. The Morgan fingerprint density at radius 2 is 2.12 bits per heavy atom. The molecule has 0 spiro atoms. The smallest absolute Gasteiger partial charge is 0.188 e. The highest BCUT2D eigenvalue weighted by Gasteiger charge is 2.54. The Kier molecular flexibility index (Phi) is 4.19. The molecule has 0 radical (unpaired) electrons. The quantitative estimate of drug-likeness (QED) is 0.563. The van der Waals surface area contributed by atoms with E-state index in [9.17, 15) is 0 Å². The van der Waals surface area contributed by atoms with Crippen LogP contribution in [0.25, 0.3) is 0 Å². The van der Waals surface area contributed by atoms with Crippen LogP contribution < -0.4 is 11.1 Å². The zero-order chi connectivity index (χ0) is 12.3. The number of ether oxygens (including phenoxy) is 1. The summed E-state index contributed by atoms with van der Waals surface area (Å²) in [5.41, 5.74) is 5.95. The molecule has 0 heterocycles. The number of hydrogen-bond donors (Lipinski definition) is 2. The minimum absolute atomic E-state index is 0.112. The lowest BCUT2D eigenvalue weighted by atomic mass is 9.58. The van der Waals surface area contributed by atoms with Crippen LogP contribution in [0.15, 0.2) is 4.99 Å². The fourth-order valence-corrected chi connectivity index (χ4v) is 2.86. The van der Waals surface area contributed by atoms with Crippen molar-refractivity contribution in [1.82, 2.24) is 5.32 Å². The van der Waals surface area contributed by atoms with Gasteiger partial charge >= 0.3 is 0 Å². The standard InChI is InChI=1S/C12H25N3O/c1-6-7-14-11(13)15-9-8(2)10(16-5)12(9,3)4/h8-10H,6-7H2,1-5H3,(H3,13,14,15). The molecule has 0 amide bonds. The average molecular weight is 227 g/mol. The van der Waals surface area contributed by atoms with Gasteiger partial charge in [-0.25, -0.2) is 0 Å². The van der Waals surface area contributed by atoms with Crippen LogP contribution >= 0.6 is 0 Å². The first-order chi connectivity index (χ1) is 7.45. The van der Waals surface area contributed by atoms with Gasteiger partial charge in [-0.1, -0.05) is 27.7 Å². The van der Waals surface area contributed by atoms with Crippen molar-refractivity contribution in [2.75, 3.05) is 13.7 Å². The van der Waals surface area contributed by atoms with Crippen LogP contribution in [0.2, 0.25) is 0 Å². The molecule has 4 heteroatoms. The molecule has 3 atom stereocenters. The Morgan fingerprint density at radius 1 is 1.50 bits per heavy atom. The van der Waals surface area contributed by atoms with E-state index in [1.54, 1.807) is 7.11 Å². The third-order valence-electron chi connectivity index (χ3n) is 3.60. The Hall–Kier alpha value is -0.770. The molecule has 94 valence electrons. The number of rotatable bonds is 4. The fraction of sp³-hybridized carbons (Fsp3) is 0.917. The van der Waals surface area contributed by atoms with Crippen molar-refractivity contribution in [3.8, 4) is 0 Å². The summed E-state index contributed by atoms with van der Waals surface area (Å²) in [5.74, 6) is 1.02. The first-order valence-corrected chi connectivity index (χ1v) is 6.04. The summed E-state index contributed by atoms with van der Waals surface area (Å²) in [5, 5.41) is 3.30. The van der Waals surface area contributed by atoms with Gasteiger partial charge in [0.05, 0.1) is 6.10 Å². The van der Waals surface area contributed by atoms with E-state index in [-0.39, 0.29) is 5.41 Å². The Morgan fingerprint density at radius 3 is 2.56 bits per heavy atom. The maximum absolute atomic E-state index is 5.84. The second-order valence-electron chi connectivity index (χ2n) is 5.23. The summed E-state index contributed by atoms with van der Waals surface area (Å²) < 4.78 is 5.49. The number of guanidine groups is 1. The predicted molar refractivity (Wildman–Crippen MR) is 67.4 cm³/mol. The number of aliphatic imine (C=N–C) groups is 1. The van der Waals surface area contributed by atoms with Crippen molar-refractivity contribution < 1.29 is 4.74 Å². The molecule has 0 aromatic carbocycles. The third kappa shape index (κ3) is 2.32. The van der Waals surface area contributed by atoms with Gasteiger partial charge in [-0.15, -0.1) is 0 Å². The zero-order valence-corrected chi connectivity index (χ0v) is 11.1. The van der Waals surface area contributed by atoms with Crippen molar-refractivity contribution in [2.45, 2.75) is 46.3 Å². The third-order valence-corrected chi connectivity index (χ3v) is 3.60. The topological polar surface area (TPSA) is 59.6 Å². The molecule has 1 saturated carbocycles. The van der Waals surface area contributed by atoms with E-state index in [1.165, 1.54) is 0 Å². The van der Waals surface area contributed by atoms with Gasteiger partial charge in [0.15, 0.2) is 5.96 Å². The van der Waals surface area contributed by atoms with E-state index in [0.717, 1.165) is 13.0 Å². The minimum Gasteiger partial charge on any atom is -0.380 e. The summed E-state index contributed by atoms with van der Waals surface area (Å²) in [6.07, 6.45) is 1.32. The van der Waals surface area contributed by atoms with Crippen LogP contribution in [0, 0.1) is 11.3 Å². The Bertz CT molecular complexity index is 263. The highest BCUT2D eigenvalue weighted by atomic mass is 16.5. The van der Waals surface area contributed by atoms with Gasteiger partial charge in [0, 0.05) is 31.0 Å². The highest BCUT2D eigenvalue weighted by Crippen LogP contribution is 2.46. The Balaban J connectivity index is 2.56. The van der Waals surface area contributed by atoms with Crippen LogP contribution in [-0.4, -0.2) is 31.8 Å². The van der Waals surface area contributed by atoms with Crippen LogP contribution in [0.1, 0.15) is 34.1 Å². The lowest BCUT2D eigenvalue weighted by molar-refractivity contribution is -0.139. The van der Waals surface area contributed by atoms with Crippen molar-refractivity contribution in [3.63, 3.8) is 0 Å². The van der Waals surface area contributed by atoms with Gasteiger partial charge in [0.1, 0.15) is 0 Å². The van der Waals surface area contributed by atoms with Crippen molar-refractivity contribution in [2.24, 2.45) is 22.1 Å². The molecule has 1 aliphatic rings. The summed E-state index contributed by atoms with van der Waals surface area (Å²) in [7, 11) is 1.77. The Labute approximate surface area is 98.6 Å². The van der Waals surface area contributed by atoms with Crippen LogP contribution in [0.5, 0.6) is 0 Å². The molecule has 0 aromatic rings. The molecule has 3 N–H and O–H groups in total. The fourth-order valence-electron chi connectivity index (χ4n) is 2.86. The zero-order valence-electron chi connectivity index (χ0n) is 11.1. The molecular weight excluding hydrogens is 202 g/mol. The van der Waals surface area contributed by atoms with Crippen LogP contribution in [-0.2, 0) is 4.74 Å². The molecular formula is C12H25N3O. The minimum atomic E-state index is 0.112. The van der Waals surface area contributed by atoms with Gasteiger partial charge in [-0.05, 0) is 6.42 Å². The normalized spacial score (nSPS) is 33.3. The lowest BCUT2D eigenvalue weighted by Gasteiger charge is -2.56. The summed E-state index contributed by atoms with van der Waals surface area (Å²) in [6.45, 7) is 9.46. The van der Waals surface area contributed by atoms with E-state index in [0.29, 0.717) is 24.0 Å². The van der Waals surface area contributed by atoms with Crippen molar-refractivity contribution >= 4 is 5.96 Å². The maximum atomic E-state index is 5.84. The predicted octanol–water partition coefficient (Wildman–Crippen LogP) is 1.36. The van der Waals surface area contributed by atoms with Crippen LogP contribution in [0.3, 0.4) is 0 Å². The number of hydrogen-bond acceptors (Lipinski definition) is 2. The maximum Gasteiger partial charge on any atom is 0.188 e. The number of methoxy groups -OCH3 is 1. The molecule has 4 nitrogen and oxygen atoms in total. The van der Waals surface area contributed by atoms with Crippen molar-refractivity contribution in [3.05, 3.63) is 0 Å². The second kappa shape index (κ2) is 5.04. The molecule has 1 aliphatic carbocycles. The van der Waals surface area contributed by atoms with Gasteiger partial charge in [0.25, 0.3) is 0 Å².